The van der Waals surface area contributed by atoms with Gasteiger partial charge in [0.2, 0.25) is 0 Å². The summed E-state index contributed by atoms with van der Waals surface area (Å²) in [4.78, 5) is 14.8. The number of non-ortho nitro benzene ring substituents is 1. The molecule has 0 amide bonds. The van der Waals surface area contributed by atoms with Crippen LogP contribution in [0.15, 0.2) is 30.5 Å². The minimum atomic E-state index is -0.381. The maximum Gasteiger partial charge on any atom is 0.295 e. The molecule has 1 aromatic carbocycles. The third kappa shape index (κ3) is 2.43. The van der Waals surface area contributed by atoms with Gasteiger partial charge in [0.15, 0.2) is 0 Å². The van der Waals surface area contributed by atoms with Crippen LogP contribution in [-0.2, 0) is 0 Å². The zero-order chi connectivity index (χ0) is 13.9. The predicted molar refractivity (Wildman–Crippen MR) is 78.8 cm³/mol. The van der Waals surface area contributed by atoms with E-state index in [1.54, 1.807) is 12.3 Å². The summed E-state index contributed by atoms with van der Waals surface area (Å²) in [6.07, 6.45) is 6.82. The molecule has 1 aliphatic rings. The van der Waals surface area contributed by atoms with Crippen LogP contribution in [0.1, 0.15) is 25.7 Å². The molecule has 3 rings (SSSR count). The van der Waals surface area contributed by atoms with Gasteiger partial charge in [0.1, 0.15) is 5.52 Å². The third-order valence-corrected chi connectivity index (χ3v) is 4.04. The zero-order valence-electron chi connectivity index (χ0n) is 11.2. The van der Waals surface area contributed by atoms with E-state index in [9.17, 15) is 10.1 Å². The average Bonchev–Trinajstić information content (AvgIpc) is 2.40. The lowest BCUT2D eigenvalue weighted by Gasteiger charge is -2.25. The highest BCUT2D eigenvalue weighted by Crippen LogP contribution is 2.31. The van der Waals surface area contributed by atoms with Gasteiger partial charge in [-0.1, -0.05) is 31.4 Å². The summed E-state index contributed by atoms with van der Waals surface area (Å²) >= 11 is 0. The van der Waals surface area contributed by atoms with Gasteiger partial charge in [-0.25, -0.2) is 4.98 Å². The molecule has 104 valence electrons. The van der Waals surface area contributed by atoms with Crippen molar-refractivity contribution in [2.75, 3.05) is 11.9 Å². The Balaban J connectivity index is 1.83. The zero-order valence-corrected chi connectivity index (χ0v) is 11.2. The second kappa shape index (κ2) is 5.45. The van der Waals surface area contributed by atoms with E-state index in [1.165, 1.54) is 31.7 Å². The van der Waals surface area contributed by atoms with Crippen molar-refractivity contribution < 1.29 is 4.92 Å². The highest BCUT2D eigenvalue weighted by molar-refractivity contribution is 5.96. The molecular formula is C15H17N3O2. The minimum Gasteiger partial charge on any atom is -0.384 e. The number of fused-ring (bicyclic) bond motifs is 1. The van der Waals surface area contributed by atoms with Crippen molar-refractivity contribution in [3.63, 3.8) is 0 Å². The van der Waals surface area contributed by atoms with Crippen LogP contribution in [0.25, 0.3) is 10.9 Å². The van der Waals surface area contributed by atoms with Gasteiger partial charge in [-0.05, 0) is 18.4 Å². The van der Waals surface area contributed by atoms with Crippen molar-refractivity contribution in [2.45, 2.75) is 25.7 Å². The molecule has 1 N–H and O–H groups in total. The number of benzene rings is 1. The van der Waals surface area contributed by atoms with Crippen LogP contribution in [0.5, 0.6) is 0 Å². The number of pyridine rings is 1. The first-order chi connectivity index (χ1) is 9.75. The topological polar surface area (TPSA) is 68.1 Å². The number of hydrogen-bond donors (Lipinski definition) is 1. The normalized spacial score (nSPS) is 15.0. The molecule has 5 nitrogen and oxygen atoms in total. The summed E-state index contributed by atoms with van der Waals surface area (Å²) in [6.45, 7) is 0.909. The third-order valence-electron chi connectivity index (χ3n) is 4.04. The molecule has 1 saturated carbocycles. The number of nitrogens with zero attached hydrogens (tertiary/aromatic N) is 2. The molecule has 0 atom stereocenters. The number of rotatable bonds is 5. The Morgan fingerprint density at radius 1 is 1.35 bits per heavy atom. The lowest BCUT2D eigenvalue weighted by molar-refractivity contribution is -0.383. The van der Waals surface area contributed by atoms with Crippen LogP contribution >= 0.6 is 0 Å². The number of nitrogens with one attached hydrogen (secondary N) is 1. The summed E-state index contributed by atoms with van der Waals surface area (Å²) in [7, 11) is 0. The summed E-state index contributed by atoms with van der Waals surface area (Å²) < 4.78 is 0. The van der Waals surface area contributed by atoms with Crippen LogP contribution < -0.4 is 5.32 Å². The molecule has 2 aromatic rings. The Morgan fingerprint density at radius 2 is 2.20 bits per heavy atom. The van der Waals surface area contributed by atoms with Gasteiger partial charge >= 0.3 is 0 Å². The van der Waals surface area contributed by atoms with Gasteiger partial charge in [0.05, 0.1) is 4.92 Å². The fourth-order valence-corrected chi connectivity index (χ4v) is 2.65. The van der Waals surface area contributed by atoms with Gasteiger partial charge in [0, 0.05) is 29.9 Å². The Kier molecular flexibility index (Phi) is 3.50. The fourth-order valence-electron chi connectivity index (χ4n) is 2.65. The minimum absolute atomic E-state index is 0.0603. The Morgan fingerprint density at radius 3 is 2.90 bits per heavy atom. The monoisotopic (exact) mass is 271 g/mol. The van der Waals surface area contributed by atoms with Crippen molar-refractivity contribution in [3.8, 4) is 0 Å². The molecule has 1 heterocycles. The number of nitro groups is 1. The largest absolute Gasteiger partial charge is 0.384 e. The molecule has 0 aliphatic heterocycles. The second-order valence-corrected chi connectivity index (χ2v) is 5.30. The lowest BCUT2D eigenvalue weighted by atomic mass is 9.83. The SMILES string of the molecule is O=[N+]([O-])c1cccc2c(NCCC3CCC3)ccnc12. The van der Waals surface area contributed by atoms with Crippen LogP contribution in [0.3, 0.4) is 0 Å². The van der Waals surface area contributed by atoms with Crippen molar-refractivity contribution in [3.05, 3.63) is 40.6 Å². The molecule has 1 aliphatic carbocycles. The van der Waals surface area contributed by atoms with E-state index < -0.39 is 0 Å². The smallest absolute Gasteiger partial charge is 0.295 e. The molecular weight excluding hydrogens is 254 g/mol. The second-order valence-electron chi connectivity index (χ2n) is 5.30. The first-order valence-corrected chi connectivity index (χ1v) is 7.01. The summed E-state index contributed by atoms with van der Waals surface area (Å²) in [5.41, 5.74) is 1.44. The van der Waals surface area contributed by atoms with Crippen LogP contribution in [-0.4, -0.2) is 16.5 Å². The van der Waals surface area contributed by atoms with Crippen molar-refractivity contribution in [1.29, 1.82) is 0 Å². The molecule has 5 heteroatoms. The molecule has 20 heavy (non-hydrogen) atoms. The Bertz CT molecular complexity index is 638. The number of anilines is 1. The summed E-state index contributed by atoms with van der Waals surface area (Å²) in [5.74, 6) is 0.852. The quantitative estimate of drug-likeness (QED) is 0.664. The van der Waals surface area contributed by atoms with Gasteiger partial charge in [0.25, 0.3) is 5.69 Å². The number of aromatic nitrogens is 1. The lowest BCUT2D eigenvalue weighted by Crippen LogP contribution is -2.15. The fraction of sp³-hybridized carbons (Fsp3) is 0.400. The van der Waals surface area contributed by atoms with E-state index in [1.807, 2.05) is 12.1 Å². The molecule has 0 saturated heterocycles. The molecule has 1 aromatic heterocycles. The van der Waals surface area contributed by atoms with Crippen molar-refractivity contribution in [2.24, 2.45) is 5.92 Å². The molecule has 0 radical (unpaired) electrons. The average molecular weight is 271 g/mol. The van der Waals surface area contributed by atoms with Crippen molar-refractivity contribution in [1.82, 2.24) is 4.98 Å². The summed E-state index contributed by atoms with van der Waals surface area (Å²) in [5, 5.41) is 15.2. The van der Waals surface area contributed by atoms with E-state index in [0.29, 0.717) is 5.52 Å². The van der Waals surface area contributed by atoms with Crippen LogP contribution in [0.2, 0.25) is 0 Å². The highest BCUT2D eigenvalue weighted by atomic mass is 16.6. The molecule has 1 fully saturated rings. The standard InChI is InChI=1S/C15H17N3O2/c19-18(20)14-6-2-5-12-13(8-10-17-15(12)14)16-9-7-11-3-1-4-11/h2,5-6,8,10-11H,1,3-4,7,9H2,(H,16,17). The van der Waals surface area contributed by atoms with E-state index in [-0.39, 0.29) is 10.6 Å². The van der Waals surface area contributed by atoms with Crippen LogP contribution in [0, 0.1) is 16.0 Å². The first-order valence-electron chi connectivity index (χ1n) is 7.01. The Labute approximate surface area is 117 Å². The molecule has 0 unspecified atom stereocenters. The number of para-hydroxylation sites is 1. The first kappa shape index (κ1) is 12.8. The van der Waals surface area contributed by atoms with E-state index in [0.717, 1.165) is 23.5 Å². The van der Waals surface area contributed by atoms with Gasteiger partial charge in [-0.2, -0.15) is 0 Å². The van der Waals surface area contributed by atoms with Gasteiger partial charge in [-0.3, -0.25) is 10.1 Å². The van der Waals surface area contributed by atoms with Gasteiger partial charge < -0.3 is 5.32 Å². The molecule has 0 spiro atoms. The van der Waals surface area contributed by atoms with E-state index in [4.69, 9.17) is 0 Å². The highest BCUT2D eigenvalue weighted by Gasteiger charge is 2.17. The Hall–Kier alpha value is -2.17. The van der Waals surface area contributed by atoms with Gasteiger partial charge in [-0.15, -0.1) is 0 Å². The maximum atomic E-state index is 11.0. The summed E-state index contributed by atoms with van der Waals surface area (Å²) in [6, 6.07) is 6.96. The van der Waals surface area contributed by atoms with Crippen LogP contribution in [0.4, 0.5) is 11.4 Å². The van der Waals surface area contributed by atoms with Crippen molar-refractivity contribution >= 4 is 22.3 Å². The number of hydrogen-bond acceptors (Lipinski definition) is 4. The molecule has 0 bridgehead atoms. The van der Waals surface area contributed by atoms with E-state index >= 15 is 0 Å². The predicted octanol–water partition coefficient (Wildman–Crippen LogP) is 3.75. The maximum absolute atomic E-state index is 11.0. The van der Waals surface area contributed by atoms with E-state index in [2.05, 4.69) is 10.3 Å². The number of nitro benzene ring substituents is 1.